The summed E-state index contributed by atoms with van der Waals surface area (Å²) < 4.78 is 0. The van der Waals surface area contributed by atoms with Gasteiger partial charge in [0.25, 0.3) is 0 Å². The lowest BCUT2D eigenvalue weighted by Crippen LogP contribution is -2.28. The number of hydrogen-bond donors (Lipinski definition) is 0. The predicted octanol–water partition coefficient (Wildman–Crippen LogP) is 1.74. The molecule has 0 amide bonds. The maximum Gasteiger partial charge on any atom is 0.135 e. The molecule has 0 bridgehead atoms. The summed E-state index contributed by atoms with van der Waals surface area (Å²) in [7, 11) is 0. The van der Waals surface area contributed by atoms with E-state index < -0.39 is 0 Å². The zero-order valence-electron chi connectivity index (χ0n) is 7.26. The largest absolute Gasteiger partial charge is 0.278 e. The Morgan fingerprint density at radius 2 is 2.00 bits per heavy atom. The summed E-state index contributed by atoms with van der Waals surface area (Å²) in [5.74, 6) is 0.612. The molecule has 61 valence electrons. The normalized spacial score (nSPS) is 11.4. The van der Waals surface area contributed by atoms with Crippen LogP contribution in [0.5, 0.6) is 0 Å². The van der Waals surface area contributed by atoms with Crippen molar-refractivity contribution < 1.29 is 5.11 Å². The van der Waals surface area contributed by atoms with Crippen molar-refractivity contribution in [1.29, 1.82) is 0 Å². The highest BCUT2D eigenvalue weighted by molar-refractivity contribution is 4.53. The van der Waals surface area contributed by atoms with E-state index in [0.29, 0.717) is 5.92 Å². The summed E-state index contributed by atoms with van der Waals surface area (Å²) in [6.07, 6.45) is 1.08. The summed E-state index contributed by atoms with van der Waals surface area (Å²) >= 11 is 0. The van der Waals surface area contributed by atoms with Gasteiger partial charge in [-0.3, -0.25) is 4.90 Å². The van der Waals surface area contributed by atoms with Gasteiger partial charge in [-0.2, -0.15) is 0 Å². The zero-order valence-corrected chi connectivity index (χ0v) is 7.26. The molecule has 0 heterocycles. The Balaban J connectivity index is 3.39. The Morgan fingerprint density at radius 1 is 1.40 bits per heavy atom. The van der Waals surface area contributed by atoms with Gasteiger partial charge in [0.1, 0.15) is 6.73 Å². The molecule has 2 nitrogen and oxygen atoms in total. The summed E-state index contributed by atoms with van der Waals surface area (Å²) in [6, 6.07) is 0. The van der Waals surface area contributed by atoms with Crippen molar-refractivity contribution >= 4 is 0 Å². The molecule has 0 saturated heterocycles. The molecule has 0 saturated carbocycles. The van der Waals surface area contributed by atoms with Crippen molar-refractivity contribution in [2.75, 3.05) is 19.8 Å². The van der Waals surface area contributed by atoms with E-state index in [1.807, 2.05) is 4.90 Å². The van der Waals surface area contributed by atoms with Crippen LogP contribution in [-0.4, -0.2) is 24.7 Å². The number of rotatable bonds is 5. The predicted molar refractivity (Wildman–Crippen MR) is 42.3 cm³/mol. The van der Waals surface area contributed by atoms with E-state index in [0.717, 1.165) is 19.5 Å². The van der Waals surface area contributed by atoms with Crippen LogP contribution in [0.25, 0.3) is 0 Å². The van der Waals surface area contributed by atoms with Gasteiger partial charge in [-0.05, 0) is 12.3 Å². The van der Waals surface area contributed by atoms with Gasteiger partial charge in [-0.25, -0.2) is 5.11 Å². The average molecular weight is 144 g/mol. The average Bonchev–Trinajstić information content (AvgIpc) is 1.86. The van der Waals surface area contributed by atoms with Crippen LogP contribution >= 0.6 is 0 Å². The second-order valence-corrected chi connectivity index (χ2v) is 3.10. The van der Waals surface area contributed by atoms with Crippen molar-refractivity contribution in [2.45, 2.75) is 27.2 Å². The highest BCUT2D eigenvalue weighted by atomic mass is 16.3. The van der Waals surface area contributed by atoms with Crippen LogP contribution in [0.1, 0.15) is 27.2 Å². The SMILES string of the molecule is CCCN(C[O])CC(C)C. The first-order valence-corrected chi connectivity index (χ1v) is 4.01. The lowest BCUT2D eigenvalue weighted by molar-refractivity contribution is 0.0436. The zero-order chi connectivity index (χ0) is 7.98. The van der Waals surface area contributed by atoms with Gasteiger partial charge in [0.2, 0.25) is 0 Å². The Kier molecular flexibility index (Phi) is 5.64. The highest BCUT2D eigenvalue weighted by Gasteiger charge is 2.03. The van der Waals surface area contributed by atoms with Crippen LogP contribution in [0, 0.1) is 5.92 Å². The monoisotopic (exact) mass is 144 g/mol. The minimum atomic E-state index is -0.0496. The fourth-order valence-electron chi connectivity index (χ4n) is 1.04. The third kappa shape index (κ3) is 4.77. The van der Waals surface area contributed by atoms with Gasteiger partial charge in [-0.15, -0.1) is 0 Å². The van der Waals surface area contributed by atoms with Gasteiger partial charge in [-0.1, -0.05) is 20.8 Å². The van der Waals surface area contributed by atoms with Gasteiger partial charge in [0.15, 0.2) is 0 Å². The molecule has 0 unspecified atom stereocenters. The lowest BCUT2D eigenvalue weighted by atomic mass is 10.2. The molecule has 0 aliphatic heterocycles. The Labute approximate surface area is 63.8 Å². The van der Waals surface area contributed by atoms with Crippen LogP contribution in [0.3, 0.4) is 0 Å². The molecule has 0 aromatic rings. The van der Waals surface area contributed by atoms with E-state index in [1.165, 1.54) is 0 Å². The molecule has 0 atom stereocenters. The molecule has 0 rings (SSSR count). The molecule has 0 spiro atoms. The molecule has 2 heteroatoms. The third-order valence-corrected chi connectivity index (χ3v) is 1.35. The van der Waals surface area contributed by atoms with E-state index in [1.54, 1.807) is 0 Å². The fourth-order valence-corrected chi connectivity index (χ4v) is 1.04. The summed E-state index contributed by atoms with van der Waals surface area (Å²) in [5, 5.41) is 10.5. The smallest absolute Gasteiger partial charge is 0.135 e. The fraction of sp³-hybridized carbons (Fsp3) is 1.00. The third-order valence-electron chi connectivity index (χ3n) is 1.35. The molecule has 0 aromatic carbocycles. The lowest BCUT2D eigenvalue weighted by Gasteiger charge is -2.19. The summed E-state index contributed by atoms with van der Waals surface area (Å²) in [6.45, 7) is 8.21. The maximum atomic E-state index is 10.5. The minimum Gasteiger partial charge on any atom is -0.278 e. The number of hydrogen-bond acceptors (Lipinski definition) is 1. The van der Waals surface area contributed by atoms with Crippen molar-refractivity contribution in [3.8, 4) is 0 Å². The van der Waals surface area contributed by atoms with Crippen molar-refractivity contribution in [3.63, 3.8) is 0 Å². The van der Waals surface area contributed by atoms with E-state index in [9.17, 15) is 5.11 Å². The first-order chi connectivity index (χ1) is 4.70. The van der Waals surface area contributed by atoms with Gasteiger partial charge in [0, 0.05) is 13.1 Å². The molecular weight excluding hydrogens is 126 g/mol. The molecule has 0 N–H and O–H groups in total. The minimum absolute atomic E-state index is 0.0496. The van der Waals surface area contributed by atoms with E-state index in [2.05, 4.69) is 20.8 Å². The van der Waals surface area contributed by atoms with Crippen LogP contribution in [-0.2, 0) is 5.11 Å². The second-order valence-electron chi connectivity index (χ2n) is 3.10. The molecule has 1 radical (unpaired) electrons. The molecular formula is C8H18NO. The Hall–Kier alpha value is -0.0800. The molecule has 0 aliphatic rings. The quantitative estimate of drug-likeness (QED) is 0.539. The van der Waals surface area contributed by atoms with Crippen molar-refractivity contribution in [3.05, 3.63) is 0 Å². The van der Waals surface area contributed by atoms with Crippen LogP contribution in [0.4, 0.5) is 0 Å². The van der Waals surface area contributed by atoms with Crippen LogP contribution < -0.4 is 0 Å². The highest BCUT2D eigenvalue weighted by Crippen LogP contribution is 1.97. The molecule has 0 aromatic heterocycles. The number of nitrogens with zero attached hydrogens (tertiary/aromatic N) is 1. The van der Waals surface area contributed by atoms with Crippen molar-refractivity contribution in [1.82, 2.24) is 4.90 Å². The first kappa shape index (κ1) is 9.92. The maximum absolute atomic E-state index is 10.5. The van der Waals surface area contributed by atoms with Crippen molar-refractivity contribution in [2.24, 2.45) is 5.92 Å². The van der Waals surface area contributed by atoms with E-state index in [-0.39, 0.29) is 6.73 Å². The molecule has 0 aliphatic carbocycles. The Bertz CT molecular complexity index is 73.7. The van der Waals surface area contributed by atoms with Crippen LogP contribution in [0.2, 0.25) is 0 Å². The van der Waals surface area contributed by atoms with E-state index in [4.69, 9.17) is 0 Å². The first-order valence-electron chi connectivity index (χ1n) is 4.01. The molecule has 10 heavy (non-hydrogen) atoms. The second kappa shape index (κ2) is 5.69. The van der Waals surface area contributed by atoms with Gasteiger partial charge in [0.05, 0.1) is 0 Å². The summed E-state index contributed by atoms with van der Waals surface area (Å²) in [4.78, 5) is 1.95. The topological polar surface area (TPSA) is 23.1 Å². The van der Waals surface area contributed by atoms with E-state index >= 15 is 0 Å². The van der Waals surface area contributed by atoms with Gasteiger partial charge >= 0.3 is 0 Å². The summed E-state index contributed by atoms with van der Waals surface area (Å²) in [5.41, 5.74) is 0. The van der Waals surface area contributed by atoms with Gasteiger partial charge < -0.3 is 0 Å². The Morgan fingerprint density at radius 3 is 2.30 bits per heavy atom. The molecule has 0 fully saturated rings. The van der Waals surface area contributed by atoms with Crippen LogP contribution in [0.15, 0.2) is 0 Å². The standard InChI is InChI=1S/C8H18NO/c1-4-5-9(7-10)6-8(2)3/h8H,4-7H2,1-3H3.